The standard InChI is InChI=1S/C12H13N3O/c1-9-5-3-4-6-10(9)16-12-7-11(13-2)14-8-15-12/h3-8H,1-2H3,(H,13,14,15). The molecule has 0 amide bonds. The highest BCUT2D eigenvalue weighted by atomic mass is 16.5. The van der Waals surface area contributed by atoms with Crippen LogP contribution >= 0.6 is 0 Å². The Labute approximate surface area is 94.3 Å². The maximum atomic E-state index is 5.66. The average Bonchev–Trinajstić information content (AvgIpc) is 2.32. The van der Waals surface area contributed by atoms with Crippen LogP contribution in [-0.2, 0) is 0 Å². The average molecular weight is 215 g/mol. The fourth-order valence-corrected chi connectivity index (χ4v) is 1.32. The number of hydrogen-bond acceptors (Lipinski definition) is 4. The number of aryl methyl sites for hydroxylation is 1. The molecule has 1 aromatic carbocycles. The summed E-state index contributed by atoms with van der Waals surface area (Å²) in [5.74, 6) is 2.08. The van der Waals surface area contributed by atoms with Gasteiger partial charge in [0, 0.05) is 13.1 Å². The minimum atomic E-state index is 0.536. The van der Waals surface area contributed by atoms with E-state index in [4.69, 9.17) is 4.74 Å². The third-order valence-electron chi connectivity index (χ3n) is 2.21. The highest BCUT2D eigenvalue weighted by Gasteiger charge is 2.02. The van der Waals surface area contributed by atoms with Crippen LogP contribution in [0.25, 0.3) is 0 Å². The van der Waals surface area contributed by atoms with E-state index < -0.39 is 0 Å². The number of nitrogens with zero attached hydrogens (tertiary/aromatic N) is 2. The second-order valence-corrected chi connectivity index (χ2v) is 3.36. The largest absolute Gasteiger partial charge is 0.439 e. The predicted octanol–water partition coefficient (Wildman–Crippen LogP) is 2.62. The van der Waals surface area contributed by atoms with Crippen molar-refractivity contribution in [3.05, 3.63) is 42.2 Å². The summed E-state index contributed by atoms with van der Waals surface area (Å²) in [5, 5.41) is 2.94. The topological polar surface area (TPSA) is 47.0 Å². The van der Waals surface area contributed by atoms with Gasteiger partial charge in [0.15, 0.2) is 0 Å². The van der Waals surface area contributed by atoms with Crippen LogP contribution in [0.2, 0.25) is 0 Å². The zero-order valence-corrected chi connectivity index (χ0v) is 9.27. The molecule has 82 valence electrons. The molecule has 0 saturated heterocycles. The summed E-state index contributed by atoms with van der Waals surface area (Å²) in [6.07, 6.45) is 1.47. The Morgan fingerprint density at radius 3 is 2.75 bits per heavy atom. The van der Waals surface area contributed by atoms with Crippen molar-refractivity contribution in [1.29, 1.82) is 0 Å². The van der Waals surface area contributed by atoms with E-state index in [0.717, 1.165) is 17.1 Å². The lowest BCUT2D eigenvalue weighted by Gasteiger charge is -2.07. The van der Waals surface area contributed by atoms with E-state index in [-0.39, 0.29) is 0 Å². The van der Waals surface area contributed by atoms with Crippen LogP contribution in [0.4, 0.5) is 5.82 Å². The molecule has 0 fully saturated rings. The molecule has 0 aliphatic carbocycles. The van der Waals surface area contributed by atoms with Crippen molar-refractivity contribution >= 4 is 5.82 Å². The summed E-state index contributed by atoms with van der Waals surface area (Å²) in [6.45, 7) is 2.00. The van der Waals surface area contributed by atoms with E-state index in [1.807, 2.05) is 31.2 Å². The summed E-state index contributed by atoms with van der Waals surface area (Å²) in [4.78, 5) is 8.07. The van der Waals surface area contributed by atoms with Crippen molar-refractivity contribution in [2.45, 2.75) is 6.92 Å². The molecule has 0 aliphatic heterocycles. The third kappa shape index (κ3) is 2.28. The van der Waals surface area contributed by atoms with Crippen LogP contribution in [0.1, 0.15) is 5.56 Å². The Morgan fingerprint density at radius 2 is 2.00 bits per heavy atom. The summed E-state index contributed by atoms with van der Waals surface area (Å²) >= 11 is 0. The van der Waals surface area contributed by atoms with Crippen molar-refractivity contribution in [2.75, 3.05) is 12.4 Å². The summed E-state index contributed by atoms with van der Waals surface area (Å²) in [5.41, 5.74) is 1.08. The lowest BCUT2D eigenvalue weighted by molar-refractivity contribution is 0.458. The summed E-state index contributed by atoms with van der Waals surface area (Å²) in [7, 11) is 1.81. The number of para-hydroxylation sites is 1. The van der Waals surface area contributed by atoms with E-state index in [0.29, 0.717) is 5.88 Å². The van der Waals surface area contributed by atoms with Gasteiger partial charge in [0.1, 0.15) is 17.9 Å². The van der Waals surface area contributed by atoms with Gasteiger partial charge in [-0.2, -0.15) is 0 Å². The van der Waals surface area contributed by atoms with Gasteiger partial charge in [-0.15, -0.1) is 0 Å². The first-order valence-electron chi connectivity index (χ1n) is 5.03. The van der Waals surface area contributed by atoms with Crippen molar-refractivity contribution < 1.29 is 4.74 Å². The third-order valence-corrected chi connectivity index (χ3v) is 2.21. The Bertz CT molecular complexity index is 485. The molecule has 0 saturated carbocycles. The van der Waals surface area contributed by atoms with Gasteiger partial charge in [-0.25, -0.2) is 9.97 Å². The number of rotatable bonds is 3. The van der Waals surface area contributed by atoms with Crippen LogP contribution < -0.4 is 10.1 Å². The number of anilines is 1. The van der Waals surface area contributed by atoms with E-state index in [1.165, 1.54) is 6.33 Å². The molecule has 0 bridgehead atoms. The molecule has 2 rings (SSSR count). The van der Waals surface area contributed by atoms with Crippen LogP contribution in [0.15, 0.2) is 36.7 Å². The maximum absolute atomic E-state index is 5.66. The van der Waals surface area contributed by atoms with Gasteiger partial charge >= 0.3 is 0 Å². The molecular formula is C12H13N3O. The Hall–Kier alpha value is -2.10. The maximum Gasteiger partial charge on any atom is 0.224 e. The first-order valence-corrected chi connectivity index (χ1v) is 5.03. The number of ether oxygens (including phenoxy) is 1. The molecule has 1 heterocycles. The Morgan fingerprint density at radius 1 is 1.19 bits per heavy atom. The Balaban J connectivity index is 2.24. The highest BCUT2D eigenvalue weighted by Crippen LogP contribution is 2.23. The second kappa shape index (κ2) is 4.61. The molecule has 2 aromatic rings. The first kappa shape index (κ1) is 10.4. The van der Waals surface area contributed by atoms with Crippen molar-refractivity contribution in [3.8, 4) is 11.6 Å². The van der Waals surface area contributed by atoms with E-state index in [1.54, 1.807) is 13.1 Å². The molecule has 16 heavy (non-hydrogen) atoms. The minimum Gasteiger partial charge on any atom is -0.439 e. The molecule has 0 aliphatic rings. The monoisotopic (exact) mass is 215 g/mol. The van der Waals surface area contributed by atoms with Crippen molar-refractivity contribution in [2.24, 2.45) is 0 Å². The molecule has 0 atom stereocenters. The van der Waals surface area contributed by atoms with Crippen molar-refractivity contribution in [1.82, 2.24) is 9.97 Å². The lowest BCUT2D eigenvalue weighted by atomic mass is 10.2. The van der Waals surface area contributed by atoms with E-state index >= 15 is 0 Å². The summed E-state index contributed by atoms with van der Waals surface area (Å²) in [6, 6.07) is 9.57. The van der Waals surface area contributed by atoms with Crippen LogP contribution in [0.5, 0.6) is 11.6 Å². The predicted molar refractivity (Wildman–Crippen MR) is 62.8 cm³/mol. The fraction of sp³-hybridized carbons (Fsp3) is 0.167. The smallest absolute Gasteiger partial charge is 0.224 e. The van der Waals surface area contributed by atoms with Gasteiger partial charge in [0.2, 0.25) is 5.88 Å². The van der Waals surface area contributed by atoms with Gasteiger partial charge in [-0.05, 0) is 18.6 Å². The van der Waals surface area contributed by atoms with Gasteiger partial charge in [-0.1, -0.05) is 18.2 Å². The second-order valence-electron chi connectivity index (χ2n) is 3.36. The molecule has 1 N–H and O–H groups in total. The Kier molecular flexibility index (Phi) is 3.00. The SMILES string of the molecule is CNc1cc(Oc2ccccc2C)ncn1. The van der Waals surface area contributed by atoms with Gasteiger partial charge < -0.3 is 10.1 Å². The normalized spacial score (nSPS) is 9.88. The minimum absolute atomic E-state index is 0.536. The first-order chi connectivity index (χ1) is 7.79. The molecule has 4 nitrogen and oxygen atoms in total. The molecule has 0 unspecified atom stereocenters. The molecule has 0 spiro atoms. The lowest BCUT2D eigenvalue weighted by Crippen LogP contribution is -1.95. The van der Waals surface area contributed by atoms with Gasteiger partial charge in [-0.3, -0.25) is 0 Å². The number of benzene rings is 1. The number of nitrogens with one attached hydrogen (secondary N) is 1. The van der Waals surface area contributed by atoms with Crippen LogP contribution in [-0.4, -0.2) is 17.0 Å². The molecule has 4 heteroatoms. The fourth-order valence-electron chi connectivity index (χ4n) is 1.32. The van der Waals surface area contributed by atoms with Gasteiger partial charge in [0.25, 0.3) is 0 Å². The van der Waals surface area contributed by atoms with E-state index in [9.17, 15) is 0 Å². The zero-order chi connectivity index (χ0) is 11.4. The van der Waals surface area contributed by atoms with Gasteiger partial charge in [0.05, 0.1) is 0 Å². The number of aromatic nitrogens is 2. The molecular weight excluding hydrogens is 202 g/mol. The van der Waals surface area contributed by atoms with Crippen molar-refractivity contribution in [3.63, 3.8) is 0 Å². The quantitative estimate of drug-likeness (QED) is 0.855. The van der Waals surface area contributed by atoms with E-state index in [2.05, 4.69) is 15.3 Å². The van der Waals surface area contributed by atoms with Crippen LogP contribution in [0.3, 0.4) is 0 Å². The molecule has 0 radical (unpaired) electrons. The number of hydrogen-bond donors (Lipinski definition) is 1. The van der Waals surface area contributed by atoms with Crippen LogP contribution in [0, 0.1) is 6.92 Å². The summed E-state index contributed by atoms with van der Waals surface area (Å²) < 4.78 is 5.66. The zero-order valence-electron chi connectivity index (χ0n) is 9.27. The molecule has 1 aromatic heterocycles. The highest BCUT2D eigenvalue weighted by molar-refractivity contribution is 5.39.